The fourth-order valence-corrected chi connectivity index (χ4v) is 1.71. The van der Waals surface area contributed by atoms with Gasteiger partial charge in [-0.15, -0.1) is 0 Å². The lowest BCUT2D eigenvalue weighted by molar-refractivity contribution is 1.55. The van der Waals surface area contributed by atoms with Gasteiger partial charge in [0, 0.05) is 5.56 Å². The van der Waals surface area contributed by atoms with Crippen molar-refractivity contribution in [1.82, 2.24) is 0 Å². The molecule has 0 amide bonds. The van der Waals surface area contributed by atoms with Crippen molar-refractivity contribution in [2.75, 3.05) is 0 Å². The van der Waals surface area contributed by atoms with E-state index in [4.69, 9.17) is 58.0 Å². The summed E-state index contributed by atoms with van der Waals surface area (Å²) in [5, 5.41) is 0.902. The highest BCUT2D eigenvalue weighted by atomic mass is 35.5. The molecule has 0 aliphatic rings. The number of rotatable bonds is 1. The maximum absolute atomic E-state index is 5.79. The van der Waals surface area contributed by atoms with Crippen molar-refractivity contribution < 1.29 is 0 Å². The van der Waals surface area contributed by atoms with Crippen LogP contribution in [0.5, 0.6) is 0 Å². The van der Waals surface area contributed by atoms with E-state index in [9.17, 15) is 0 Å². The monoisotopic (exact) mass is 261 g/mol. The Morgan fingerprint density at radius 3 is 2.00 bits per heavy atom. The van der Waals surface area contributed by atoms with E-state index in [-0.39, 0.29) is 14.9 Å². The van der Waals surface area contributed by atoms with Gasteiger partial charge in [0.1, 0.15) is 0 Å². The highest BCUT2D eigenvalue weighted by Gasteiger charge is 2.14. The van der Waals surface area contributed by atoms with Gasteiger partial charge in [-0.1, -0.05) is 64.1 Å². The van der Waals surface area contributed by atoms with Crippen LogP contribution in [0.15, 0.2) is 12.1 Å². The molecule has 0 bridgehead atoms. The second-order valence-corrected chi connectivity index (χ2v) is 4.10. The third kappa shape index (κ3) is 2.12. The second kappa shape index (κ2) is 4.26. The zero-order chi connectivity index (χ0) is 9.30. The third-order valence-electron chi connectivity index (χ3n) is 1.24. The van der Waals surface area contributed by atoms with Gasteiger partial charge in [0.15, 0.2) is 4.84 Å². The van der Waals surface area contributed by atoms with Crippen molar-refractivity contribution >= 4 is 58.0 Å². The molecule has 65 valence electrons. The standard InChI is InChI=1S/C7H2Cl5/c8-4-2-1-3(7(11)12)5(9)6(4)10/h1-2H. The number of halogens is 5. The van der Waals surface area contributed by atoms with Crippen LogP contribution < -0.4 is 0 Å². The van der Waals surface area contributed by atoms with Gasteiger partial charge in [-0.05, 0) is 6.07 Å². The first-order valence-corrected chi connectivity index (χ1v) is 4.75. The molecule has 0 fully saturated rings. The van der Waals surface area contributed by atoms with Crippen molar-refractivity contribution in [3.63, 3.8) is 0 Å². The maximum Gasteiger partial charge on any atom is 0.181 e. The van der Waals surface area contributed by atoms with Gasteiger partial charge in [-0.3, -0.25) is 0 Å². The van der Waals surface area contributed by atoms with Crippen LogP contribution in [0.25, 0.3) is 0 Å². The van der Waals surface area contributed by atoms with Crippen LogP contribution in [0.2, 0.25) is 15.1 Å². The zero-order valence-corrected chi connectivity index (χ0v) is 9.32. The molecule has 0 saturated heterocycles. The first kappa shape index (κ1) is 10.7. The lowest BCUT2D eigenvalue weighted by Crippen LogP contribution is -1.85. The van der Waals surface area contributed by atoms with Crippen LogP contribution >= 0.6 is 58.0 Å². The van der Waals surface area contributed by atoms with E-state index in [1.54, 1.807) is 12.1 Å². The average molecular weight is 263 g/mol. The molecule has 1 aromatic carbocycles. The summed E-state index contributed by atoms with van der Waals surface area (Å²) in [7, 11) is 0. The fourth-order valence-electron chi connectivity index (χ4n) is 0.672. The topological polar surface area (TPSA) is 0 Å². The minimum absolute atomic E-state index is 0.0681. The van der Waals surface area contributed by atoms with Crippen LogP contribution in [0.1, 0.15) is 5.56 Å². The summed E-state index contributed by atoms with van der Waals surface area (Å²) >= 11 is 28.3. The average Bonchev–Trinajstić information content (AvgIpc) is 2.00. The van der Waals surface area contributed by atoms with Crippen molar-refractivity contribution in [1.29, 1.82) is 0 Å². The summed E-state index contributed by atoms with van der Waals surface area (Å²) in [4.78, 5) is 0.0681. The van der Waals surface area contributed by atoms with Crippen LogP contribution in [0, 0.1) is 4.84 Å². The van der Waals surface area contributed by atoms with E-state index in [0.717, 1.165) is 0 Å². The summed E-state index contributed by atoms with van der Waals surface area (Å²) in [6, 6.07) is 3.18. The van der Waals surface area contributed by atoms with Crippen LogP contribution in [-0.2, 0) is 0 Å². The molecule has 0 heterocycles. The van der Waals surface area contributed by atoms with Crippen molar-refractivity contribution in [2.45, 2.75) is 0 Å². The van der Waals surface area contributed by atoms with E-state index < -0.39 is 0 Å². The Morgan fingerprint density at radius 2 is 1.50 bits per heavy atom. The Hall–Kier alpha value is 0.670. The molecular formula is C7H2Cl5. The van der Waals surface area contributed by atoms with E-state index in [2.05, 4.69) is 0 Å². The van der Waals surface area contributed by atoms with Crippen LogP contribution in [0.4, 0.5) is 0 Å². The molecule has 0 nitrogen and oxygen atoms in total. The van der Waals surface area contributed by atoms with Crippen molar-refractivity contribution in [3.05, 3.63) is 37.6 Å². The van der Waals surface area contributed by atoms with Crippen molar-refractivity contribution in [3.8, 4) is 0 Å². The molecule has 0 aliphatic carbocycles. The molecule has 0 unspecified atom stereocenters. The van der Waals surface area contributed by atoms with Gasteiger partial charge in [0.2, 0.25) is 0 Å². The Labute approximate surface area is 95.3 Å². The fraction of sp³-hybridized carbons (Fsp3) is 0. The summed E-state index contributed by atoms with van der Waals surface area (Å²) in [5.41, 5.74) is 0.481. The Kier molecular flexibility index (Phi) is 3.81. The molecule has 1 rings (SSSR count). The number of hydrogen-bond donors (Lipinski definition) is 0. The normalized spacial score (nSPS) is 10.8. The van der Waals surface area contributed by atoms with Gasteiger partial charge in [0.25, 0.3) is 0 Å². The minimum Gasteiger partial charge on any atom is -0.0925 e. The Bertz CT molecular complexity index is 294. The van der Waals surface area contributed by atoms with Gasteiger partial charge in [-0.2, -0.15) is 0 Å². The largest absolute Gasteiger partial charge is 0.181 e. The first-order chi connectivity index (χ1) is 5.54. The lowest BCUT2D eigenvalue weighted by Gasteiger charge is -2.05. The predicted molar refractivity (Wildman–Crippen MR) is 55.5 cm³/mol. The summed E-state index contributed by atoms with van der Waals surface area (Å²) in [6.45, 7) is 0. The second-order valence-electron chi connectivity index (χ2n) is 1.98. The first-order valence-electron chi connectivity index (χ1n) is 2.86. The van der Waals surface area contributed by atoms with Crippen LogP contribution in [0.3, 0.4) is 0 Å². The van der Waals surface area contributed by atoms with Crippen molar-refractivity contribution in [2.24, 2.45) is 0 Å². The molecule has 12 heavy (non-hydrogen) atoms. The SMILES string of the molecule is Cl[C](Cl)c1ccc(Cl)c(Cl)c1Cl. The van der Waals surface area contributed by atoms with Gasteiger partial charge < -0.3 is 0 Å². The summed E-state index contributed by atoms with van der Waals surface area (Å²) in [6.07, 6.45) is 0. The van der Waals surface area contributed by atoms with E-state index >= 15 is 0 Å². The van der Waals surface area contributed by atoms with Gasteiger partial charge in [0.05, 0.1) is 15.1 Å². The smallest absolute Gasteiger partial charge is 0.0925 e. The molecule has 5 heteroatoms. The molecule has 0 atom stereocenters. The molecular weight excluding hydrogens is 261 g/mol. The molecule has 1 aromatic rings. The summed E-state index contributed by atoms with van der Waals surface area (Å²) in [5.74, 6) is 0. The molecule has 0 saturated carbocycles. The molecule has 1 radical (unpaired) electrons. The van der Waals surface area contributed by atoms with Crippen LogP contribution in [-0.4, -0.2) is 0 Å². The lowest BCUT2D eigenvalue weighted by atomic mass is 10.2. The van der Waals surface area contributed by atoms with Gasteiger partial charge in [-0.25, -0.2) is 0 Å². The highest BCUT2D eigenvalue weighted by molar-refractivity contribution is 6.56. The van der Waals surface area contributed by atoms with E-state index in [1.165, 1.54) is 0 Å². The zero-order valence-electron chi connectivity index (χ0n) is 5.54. The Balaban J connectivity index is 3.27. The third-order valence-corrected chi connectivity index (χ3v) is 2.94. The quantitative estimate of drug-likeness (QED) is 0.628. The van der Waals surface area contributed by atoms with Gasteiger partial charge >= 0.3 is 0 Å². The molecule has 0 aliphatic heterocycles. The van der Waals surface area contributed by atoms with E-state index in [0.29, 0.717) is 10.6 Å². The number of hydrogen-bond acceptors (Lipinski definition) is 0. The maximum atomic E-state index is 5.79. The summed E-state index contributed by atoms with van der Waals surface area (Å²) < 4.78 is 0. The molecule has 0 spiro atoms. The highest BCUT2D eigenvalue weighted by Crippen LogP contribution is 2.38. The Morgan fingerprint density at radius 1 is 0.917 bits per heavy atom. The predicted octanol–water partition coefficient (Wildman–Crippen LogP) is 4.96. The molecule has 0 N–H and O–H groups in total. The minimum atomic E-state index is 0.0681. The number of benzene rings is 1. The molecule has 0 aromatic heterocycles. The van der Waals surface area contributed by atoms with E-state index in [1.807, 2.05) is 0 Å².